The Morgan fingerprint density at radius 1 is 1.38 bits per heavy atom. The minimum atomic E-state index is 0.571. The van der Waals surface area contributed by atoms with E-state index >= 15 is 0 Å². The van der Waals surface area contributed by atoms with Gasteiger partial charge in [-0.2, -0.15) is 0 Å². The smallest absolute Gasteiger partial charge is 0.255 e. The third kappa shape index (κ3) is 2.93. The largest absolute Gasteiger partial charge is 0.491 e. The van der Waals surface area contributed by atoms with Crippen LogP contribution in [0, 0.1) is 0 Å². The van der Waals surface area contributed by atoms with Crippen LogP contribution in [-0.4, -0.2) is 17.3 Å². The van der Waals surface area contributed by atoms with Gasteiger partial charge in [0, 0.05) is 5.75 Å². The highest BCUT2D eigenvalue weighted by molar-refractivity contribution is 7.99. The van der Waals surface area contributed by atoms with Gasteiger partial charge in [0.25, 0.3) is 5.22 Å². The highest BCUT2D eigenvalue weighted by atomic mass is 32.2. The van der Waals surface area contributed by atoms with Crippen molar-refractivity contribution in [3.63, 3.8) is 0 Å². The van der Waals surface area contributed by atoms with Gasteiger partial charge < -0.3 is 14.9 Å². The molecule has 1 aromatic carbocycles. The van der Waals surface area contributed by atoms with E-state index in [0.29, 0.717) is 17.5 Å². The molecule has 0 aliphatic heterocycles. The van der Waals surface area contributed by atoms with Crippen LogP contribution in [0.3, 0.4) is 0 Å². The SMILES string of the molecule is Nc1ccccc1OCCSc1ncco1. The Kier molecular flexibility index (Phi) is 3.71. The van der Waals surface area contributed by atoms with Crippen LogP contribution in [0.1, 0.15) is 0 Å². The Bertz CT molecular complexity index is 431. The van der Waals surface area contributed by atoms with Gasteiger partial charge in [-0.15, -0.1) is 0 Å². The molecule has 0 saturated heterocycles. The zero-order valence-electron chi connectivity index (χ0n) is 8.63. The number of nitrogen functional groups attached to an aromatic ring is 1. The maximum atomic E-state index is 5.73. The van der Waals surface area contributed by atoms with Gasteiger partial charge in [-0.05, 0) is 12.1 Å². The van der Waals surface area contributed by atoms with Gasteiger partial charge in [0.15, 0.2) is 0 Å². The summed E-state index contributed by atoms with van der Waals surface area (Å²) in [5.74, 6) is 1.49. The number of ether oxygens (including phenoxy) is 1. The third-order valence-electron chi connectivity index (χ3n) is 1.90. The number of rotatable bonds is 5. The second kappa shape index (κ2) is 5.46. The van der Waals surface area contributed by atoms with Crippen molar-refractivity contribution in [3.8, 4) is 5.75 Å². The molecule has 2 N–H and O–H groups in total. The lowest BCUT2D eigenvalue weighted by atomic mass is 10.3. The van der Waals surface area contributed by atoms with Gasteiger partial charge in [-0.3, -0.25) is 0 Å². The van der Waals surface area contributed by atoms with Crippen molar-refractivity contribution in [2.45, 2.75) is 5.22 Å². The molecule has 0 aliphatic rings. The molecule has 5 heteroatoms. The maximum Gasteiger partial charge on any atom is 0.255 e. The summed E-state index contributed by atoms with van der Waals surface area (Å²) in [6, 6.07) is 7.44. The van der Waals surface area contributed by atoms with Crippen LogP contribution in [0.2, 0.25) is 0 Å². The zero-order chi connectivity index (χ0) is 11.2. The number of aromatic nitrogens is 1. The molecule has 0 atom stereocenters. The molecule has 0 aliphatic carbocycles. The van der Waals surface area contributed by atoms with Crippen LogP contribution >= 0.6 is 11.8 Å². The highest BCUT2D eigenvalue weighted by Crippen LogP contribution is 2.20. The number of hydrogen-bond acceptors (Lipinski definition) is 5. The van der Waals surface area contributed by atoms with E-state index in [1.165, 1.54) is 11.8 Å². The molecule has 0 amide bonds. The van der Waals surface area contributed by atoms with Gasteiger partial charge in [0.2, 0.25) is 0 Å². The molecule has 0 bridgehead atoms. The summed E-state index contributed by atoms with van der Waals surface area (Å²) in [5, 5.41) is 0.657. The maximum absolute atomic E-state index is 5.73. The fourth-order valence-electron chi connectivity index (χ4n) is 1.17. The van der Waals surface area contributed by atoms with Gasteiger partial charge in [-0.1, -0.05) is 23.9 Å². The van der Waals surface area contributed by atoms with Crippen LogP contribution in [-0.2, 0) is 0 Å². The van der Waals surface area contributed by atoms with Gasteiger partial charge >= 0.3 is 0 Å². The second-order valence-corrected chi connectivity index (χ2v) is 4.08. The topological polar surface area (TPSA) is 61.3 Å². The molecule has 16 heavy (non-hydrogen) atoms. The van der Waals surface area contributed by atoms with Crippen molar-refractivity contribution in [1.29, 1.82) is 0 Å². The van der Waals surface area contributed by atoms with Crippen LogP contribution in [0.25, 0.3) is 0 Å². The minimum absolute atomic E-state index is 0.571. The summed E-state index contributed by atoms with van der Waals surface area (Å²) in [4.78, 5) is 3.99. The van der Waals surface area contributed by atoms with E-state index in [2.05, 4.69) is 4.98 Å². The van der Waals surface area contributed by atoms with Crippen molar-refractivity contribution in [2.24, 2.45) is 0 Å². The second-order valence-electron chi connectivity index (χ2n) is 3.03. The van der Waals surface area contributed by atoms with E-state index in [0.717, 1.165) is 11.5 Å². The van der Waals surface area contributed by atoms with E-state index in [-0.39, 0.29) is 0 Å². The molecule has 2 rings (SSSR count). The van der Waals surface area contributed by atoms with Crippen molar-refractivity contribution in [1.82, 2.24) is 4.98 Å². The van der Waals surface area contributed by atoms with Crippen molar-refractivity contribution >= 4 is 17.4 Å². The summed E-state index contributed by atoms with van der Waals surface area (Å²) in [6.45, 7) is 0.571. The van der Waals surface area contributed by atoms with E-state index in [1.54, 1.807) is 12.5 Å². The minimum Gasteiger partial charge on any atom is -0.491 e. The number of benzene rings is 1. The molecule has 0 radical (unpaired) electrons. The molecule has 0 saturated carbocycles. The molecule has 4 nitrogen and oxygen atoms in total. The average Bonchev–Trinajstić information content (AvgIpc) is 2.79. The number of thioether (sulfide) groups is 1. The fourth-order valence-corrected chi connectivity index (χ4v) is 1.77. The predicted octanol–water partition coefficient (Wildman–Crippen LogP) is 2.43. The molecule has 0 unspecified atom stereocenters. The molecular weight excluding hydrogens is 224 g/mol. The standard InChI is InChI=1S/C11H12N2O2S/c12-9-3-1-2-4-10(9)14-7-8-16-11-13-5-6-15-11/h1-6H,7-8,12H2. The quantitative estimate of drug-likeness (QED) is 0.491. The summed E-state index contributed by atoms with van der Waals surface area (Å²) >= 11 is 1.51. The predicted molar refractivity (Wildman–Crippen MR) is 63.6 cm³/mol. The Labute approximate surface area is 97.8 Å². The average molecular weight is 236 g/mol. The van der Waals surface area contributed by atoms with E-state index in [9.17, 15) is 0 Å². The molecule has 2 aromatic rings. The van der Waals surface area contributed by atoms with E-state index < -0.39 is 0 Å². The number of oxazole rings is 1. The lowest BCUT2D eigenvalue weighted by molar-refractivity contribution is 0.345. The Hall–Kier alpha value is -1.62. The van der Waals surface area contributed by atoms with Crippen LogP contribution in [0.4, 0.5) is 5.69 Å². The van der Waals surface area contributed by atoms with Crippen LogP contribution < -0.4 is 10.5 Å². The first-order valence-corrected chi connectivity index (χ1v) is 5.84. The Morgan fingerprint density at radius 3 is 3.00 bits per heavy atom. The first-order valence-electron chi connectivity index (χ1n) is 4.86. The fraction of sp³-hybridized carbons (Fsp3) is 0.182. The summed E-state index contributed by atoms with van der Waals surface area (Å²) in [5.41, 5.74) is 6.39. The number of hydrogen-bond donors (Lipinski definition) is 1. The normalized spacial score (nSPS) is 10.2. The van der Waals surface area contributed by atoms with E-state index in [1.807, 2.05) is 24.3 Å². The lowest BCUT2D eigenvalue weighted by Gasteiger charge is -2.07. The number of anilines is 1. The number of nitrogens with two attached hydrogens (primary N) is 1. The Morgan fingerprint density at radius 2 is 2.25 bits per heavy atom. The molecule has 0 fully saturated rings. The third-order valence-corrected chi connectivity index (χ3v) is 2.71. The summed E-state index contributed by atoms with van der Waals surface area (Å²) < 4.78 is 10.6. The molecule has 0 spiro atoms. The molecule has 1 heterocycles. The summed E-state index contributed by atoms with van der Waals surface area (Å²) in [6.07, 6.45) is 3.18. The van der Waals surface area contributed by atoms with Crippen molar-refractivity contribution in [2.75, 3.05) is 18.1 Å². The van der Waals surface area contributed by atoms with Crippen molar-refractivity contribution in [3.05, 3.63) is 36.7 Å². The number of nitrogens with zero attached hydrogens (tertiary/aromatic N) is 1. The number of para-hydroxylation sites is 2. The molecular formula is C11H12N2O2S. The summed E-state index contributed by atoms with van der Waals surface area (Å²) in [7, 11) is 0. The van der Waals surface area contributed by atoms with Crippen LogP contribution in [0.5, 0.6) is 5.75 Å². The monoisotopic (exact) mass is 236 g/mol. The first kappa shape index (κ1) is 10.9. The van der Waals surface area contributed by atoms with Crippen molar-refractivity contribution < 1.29 is 9.15 Å². The first-order chi connectivity index (χ1) is 7.86. The van der Waals surface area contributed by atoms with E-state index in [4.69, 9.17) is 14.9 Å². The Balaban J connectivity index is 1.74. The van der Waals surface area contributed by atoms with Gasteiger partial charge in [0.1, 0.15) is 12.0 Å². The van der Waals surface area contributed by atoms with Gasteiger partial charge in [0.05, 0.1) is 18.5 Å². The van der Waals surface area contributed by atoms with Gasteiger partial charge in [-0.25, -0.2) is 4.98 Å². The molecule has 1 aromatic heterocycles. The highest BCUT2D eigenvalue weighted by Gasteiger charge is 2.00. The lowest BCUT2D eigenvalue weighted by Crippen LogP contribution is -2.02. The molecule has 84 valence electrons. The zero-order valence-corrected chi connectivity index (χ0v) is 9.44. The van der Waals surface area contributed by atoms with Crippen LogP contribution in [0.15, 0.2) is 46.4 Å².